The van der Waals surface area contributed by atoms with Crippen LogP contribution < -0.4 is 10.5 Å². The topological polar surface area (TPSA) is 35.2 Å². The van der Waals surface area contributed by atoms with E-state index in [1.807, 2.05) is 6.07 Å². The van der Waals surface area contributed by atoms with Crippen molar-refractivity contribution in [2.75, 3.05) is 13.7 Å². The third-order valence-electron chi connectivity index (χ3n) is 1.89. The summed E-state index contributed by atoms with van der Waals surface area (Å²) in [5.41, 5.74) is 6.31. The average Bonchev–Trinajstić information content (AvgIpc) is 2.15. The van der Waals surface area contributed by atoms with Gasteiger partial charge >= 0.3 is 0 Å². The van der Waals surface area contributed by atoms with Crippen molar-refractivity contribution in [2.24, 2.45) is 5.73 Å². The minimum absolute atomic E-state index is 0.288. The third kappa shape index (κ3) is 2.70. The van der Waals surface area contributed by atoms with Gasteiger partial charge in [-0.25, -0.2) is 4.39 Å². The molecule has 0 bridgehead atoms. The van der Waals surface area contributed by atoms with Crippen molar-refractivity contribution in [3.05, 3.63) is 29.6 Å². The third-order valence-corrected chi connectivity index (χ3v) is 1.89. The van der Waals surface area contributed by atoms with E-state index in [4.69, 9.17) is 10.5 Å². The van der Waals surface area contributed by atoms with Crippen LogP contribution in [0.5, 0.6) is 5.75 Å². The van der Waals surface area contributed by atoms with Crippen LogP contribution in [0.4, 0.5) is 4.39 Å². The molecule has 0 aliphatic carbocycles. The van der Waals surface area contributed by atoms with Crippen LogP contribution in [0.15, 0.2) is 18.2 Å². The number of benzene rings is 1. The fourth-order valence-corrected chi connectivity index (χ4v) is 1.17. The molecule has 0 aromatic heterocycles. The average molecular weight is 183 g/mol. The SMILES string of the molecule is COc1ccc(CCCN)cc1F. The molecule has 3 heteroatoms. The van der Waals surface area contributed by atoms with Gasteiger partial charge in [0.2, 0.25) is 0 Å². The molecule has 1 aromatic rings. The van der Waals surface area contributed by atoms with Crippen LogP contribution in [-0.4, -0.2) is 13.7 Å². The predicted molar refractivity (Wildman–Crippen MR) is 50.3 cm³/mol. The highest BCUT2D eigenvalue weighted by molar-refractivity contribution is 5.29. The number of methoxy groups -OCH3 is 1. The minimum atomic E-state index is -0.308. The summed E-state index contributed by atoms with van der Waals surface area (Å²) in [5, 5.41) is 0. The van der Waals surface area contributed by atoms with Gasteiger partial charge < -0.3 is 10.5 Å². The number of hydrogen-bond acceptors (Lipinski definition) is 2. The highest BCUT2D eigenvalue weighted by atomic mass is 19.1. The summed E-state index contributed by atoms with van der Waals surface area (Å²) in [5.74, 6) is -0.0199. The molecular weight excluding hydrogens is 169 g/mol. The van der Waals surface area contributed by atoms with Crippen LogP contribution in [0.1, 0.15) is 12.0 Å². The van der Waals surface area contributed by atoms with E-state index in [9.17, 15) is 4.39 Å². The largest absolute Gasteiger partial charge is 0.494 e. The Morgan fingerprint density at radius 3 is 2.77 bits per heavy atom. The molecular formula is C10H14FNO. The zero-order valence-corrected chi connectivity index (χ0v) is 7.72. The van der Waals surface area contributed by atoms with Gasteiger partial charge in [0.25, 0.3) is 0 Å². The second kappa shape index (κ2) is 4.82. The number of ether oxygens (including phenoxy) is 1. The molecule has 0 saturated carbocycles. The quantitative estimate of drug-likeness (QED) is 0.771. The summed E-state index contributed by atoms with van der Waals surface area (Å²) in [7, 11) is 1.46. The monoisotopic (exact) mass is 183 g/mol. The summed E-state index contributed by atoms with van der Waals surface area (Å²) < 4.78 is 17.9. The summed E-state index contributed by atoms with van der Waals surface area (Å²) in [6, 6.07) is 4.99. The maximum absolute atomic E-state index is 13.1. The van der Waals surface area contributed by atoms with Gasteiger partial charge in [-0.2, -0.15) is 0 Å². The zero-order chi connectivity index (χ0) is 9.68. The molecule has 0 radical (unpaired) electrons. The number of nitrogens with two attached hydrogens (primary N) is 1. The van der Waals surface area contributed by atoms with Crippen LogP contribution in [0.3, 0.4) is 0 Å². The van der Waals surface area contributed by atoms with E-state index in [2.05, 4.69) is 0 Å². The van der Waals surface area contributed by atoms with E-state index in [0.29, 0.717) is 6.54 Å². The van der Waals surface area contributed by atoms with Crippen LogP contribution in [0.2, 0.25) is 0 Å². The Kier molecular flexibility index (Phi) is 3.71. The van der Waals surface area contributed by atoms with E-state index < -0.39 is 0 Å². The van der Waals surface area contributed by atoms with Gasteiger partial charge in [-0.05, 0) is 37.1 Å². The van der Waals surface area contributed by atoms with Crippen molar-refractivity contribution in [2.45, 2.75) is 12.8 Å². The standard InChI is InChI=1S/C10H14FNO/c1-13-10-5-4-8(3-2-6-12)7-9(10)11/h4-5,7H,2-3,6,12H2,1H3. The Labute approximate surface area is 77.5 Å². The Hall–Kier alpha value is -1.09. The molecule has 0 unspecified atom stereocenters. The van der Waals surface area contributed by atoms with E-state index in [0.717, 1.165) is 18.4 Å². The smallest absolute Gasteiger partial charge is 0.165 e. The lowest BCUT2D eigenvalue weighted by Crippen LogP contribution is -2.00. The minimum Gasteiger partial charge on any atom is -0.494 e. The first-order valence-corrected chi connectivity index (χ1v) is 4.30. The molecule has 13 heavy (non-hydrogen) atoms. The maximum atomic E-state index is 13.1. The molecule has 1 aromatic carbocycles. The fourth-order valence-electron chi connectivity index (χ4n) is 1.17. The number of halogens is 1. The fraction of sp³-hybridized carbons (Fsp3) is 0.400. The van der Waals surface area contributed by atoms with Gasteiger partial charge in [-0.3, -0.25) is 0 Å². The molecule has 2 N–H and O–H groups in total. The number of hydrogen-bond donors (Lipinski definition) is 1. The van der Waals surface area contributed by atoms with Gasteiger partial charge in [0.1, 0.15) is 0 Å². The predicted octanol–water partition coefficient (Wildman–Crippen LogP) is 1.73. The summed E-state index contributed by atoms with van der Waals surface area (Å²) in [6.07, 6.45) is 1.70. The van der Waals surface area contributed by atoms with Gasteiger partial charge in [-0.15, -0.1) is 0 Å². The molecule has 0 fully saturated rings. The normalized spacial score (nSPS) is 10.1. The van der Waals surface area contributed by atoms with Crippen LogP contribution in [-0.2, 0) is 6.42 Å². The number of aryl methyl sites for hydroxylation is 1. The Bertz CT molecular complexity index is 276. The first kappa shape index (κ1) is 9.99. The van der Waals surface area contributed by atoms with Crippen molar-refractivity contribution in [1.29, 1.82) is 0 Å². The molecule has 0 amide bonds. The molecule has 0 atom stereocenters. The molecule has 0 heterocycles. The van der Waals surface area contributed by atoms with Crippen molar-refractivity contribution in [1.82, 2.24) is 0 Å². The second-order valence-corrected chi connectivity index (χ2v) is 2.86. The molecule has 1 rings (SSSR count). The van der Waals surface area contributed by atoms with Crippen LogP contribution >= 0.6 is 0 Å². The summed E-state index contributed by atoms with van der Waals surface area (Å²) in [6.45, 7) is 0.633. The van der Waals surface area contributed by atoms with E-state index in [1.54, 1.807) is 6.07 Å². The zero-order valence-electron chi connectivity index (χ0n) is 7.72. The Balaban J connectivity index is 2.71. The lowest BCUT2D eigenvalue weighted by Gasteiger charge is -2.04. The Morgan fingerprint density at radius 1 is 1.46 bits per heavy atom. The van der Waals surface area contributed by atoms with Gasteiger partial charge in [0.15, 0.2) is 11.6 Å². The van der Waals surface area contributed by atoms with Crippen molar-refractivity contribution >= 4 is 0 Å². The molecule has 0 aliphatic rings. The first-order valence-electron chi connectivity index (χ1n) is 4.30. The molecule has 72 valence electrons. The first-order chi connectivity index (χ1) is 6.27. The van der Waals surface area contributed by atoms with Crippen LogP contribution in [0, 0.1) is 5.82 Å². The molecule has 0 saturated heterocycles. The molecule has 0 spiro atoms. The highest BCUT2D eigenvalue weighted by Gasteiger charge is 2.02. The second-order valence-electron chi connectivity index (χ2n) is 2.86. The van der Waals surface area contributed by atoms with Crippen molar-refractivity contribution in [3.63, 3.8) is 0 Å². The molecule has 2 nitrogen and oxygen atoms in total. The highest BCUT2D eigenvalue weighted by Crippen LogP contribution is 2.18. The lowest BCUT2D eigenvalue weighted by atomic mass is 10.1. The van der Waals surface area contributed by atoms with Crippen molar-refractivity contribution < 1.29 is 9.13 Å². The van der Waals surface area contributed by atoms with Gasteiger partial charge in [0, 0.05) is 0 Å². The van der Waals surface area contributed by atoms with Gasteiger partial charge in [0.05, 0.1) is 7.11 Å². The lowest BCUT2D eigenvalue weighted by molar-refractivity contribution is 0.386. The summed E-state index contributed by atoms with van der Waals surface area (Å²) >= 11 is 0. The van der Waals surface area contributed by atoms with Crippen molar-refractivity contribution in [3.8, 4) is 5.75 Å². The maximum Gasteiger partial charge on any atom is 0.165 e. The summed E-state index contributed by atoms with van der Waals surface area (Å²) in [4.78, 5) is 0. The van der Waals surface area contributed by atoms with E-state index in [1.165, 1.54) is 13.2 Å². The van der Waals surface area contributed by atoms with E-state index >= 15 is 0 Å². The van der Waals surface area contributed by atoms with Gasteiger partial charge in [-0.1, -0.05) is 6.07 Å². The number of rotatable bonds is 4. The van der Waals surface area contributed by atoms with E-state index in [-0.39, 0.29) is 11.6 Å². The molecule has 0 aliphatic heterocycles. The van der Waals surface area contributed by atoms with Crippen LogP contribution in [0.25, 0.3) is 0 Å². The Morgan fingerprint density at radius 2 is 2.23 bits per heavy atom.